The van der Waals surface area contributed by atoms with Gasteiger partial charge in [0.15, 0.2) is 0 Å². The molecule has 3 rings (SSSR count). The molecule has 4 atom stereocenters. The average Bonchev–Trinajstić information content (AvgIpc) is 2.53. The van der Waals surface area contributed by atoms with Crippen LogP contribution in [0.15, 0.2) is 0 Å². The van der Waals surface area contributed by atoms with Crippen molar-refractivity contribution in [3.8, 4) is 0 Å². The predicted molar refractivity (Wildman–Crippen MR) is 89.1 cm³/mol. The van der Waals surface area contributed by atoms with E-state index in [-0.39, 0.29) is 31.6 Å². The Morgan fingerprint density at radius 1 is 0.615 bits per heavy atom. The zero-order valence-electron chi connectivity index (χ0n) is 15.3. The summed E-state index contributed by atoms with van der Waals surface area (Å²) in [7, 11) is 0. The second kappa shape index (κ2) is 8.30. The monoisotopic (exact) mass is 384 g/mol. The minimum absolute atomic E-state index is 0.0106. The third kappa shape index (κ3) is 4.19. The van der Waals surface area contributed by atoms with Crippen LogP contribution >= 0.6 is 0 Å². The molecule has 0 heterocycles. The van der Waals surface area contributed by atoms with Crippen molar-refractivity contribution in [2.45, 2.75) is 89.4 Å². The minimum Gasteiger partial charge on any atom is -0.247 e. The molecule has 26 heavy (non-hydrogen) atoms. The Kier molecular flexibility index (Phi) is 6.49. The van der Waals surface area contributed by atoms with Crippen molar-refractivity contribution in [3.63, 3.8) is 0 Å². The Morgan fingerprint density at radius 2 is 1.08 bits per heavy atom. The van der Waals surface area contributed by atoms with Gasteiger partial charge in [0.05, 0.1) is 5.92 Å². The van der Waals surface area contributed by atoms with Crippen molar-refractivity contribution in [2.24, 2.45) is 35.5 Å². The Hall–Kier alpha value is -0.420. The first-order valence-corrected chi connectivity index (χ1v) is 10.1. The molecule has 0 aromatic heterocycles. The molecule has 0 spiro atoms. The molecule has 0 aromatic carbocycles. The maximum Gasteiger partial charge on any atom is 0.247 e. The van der Waals surface area contributed by atoms with Gasteiger partial charge in [0.1, 0.15) is 24.7 Å². The highest BCUT2D eigenvalue weighted by atomic mass is 19.3. The molecule has 0 aromatic rings. The summed E-state index contributed by atoms with van der Waals surface area (Å²) < 4.78 is 83.4. The van der Waals surface area contributed by atoms with Crippen molar-refractivity contribution in [1.29, 1.82) is 0 Å². The van der Waals surface area contributed by atoms with Gasteiger partial charge in [-0.3, -0.25) is 0 Å². The second-order valence-corrected chi connectivity index (χ2v) is 9.04. The highest BCUT2D eigenvalue weighted by molar-refractivity contribution is 4.98. The Balaban J connectivity index is 1.62. The molecule has 0 radical (unpaired) electrons. The number of hydrogen-bond acceptors (Lipinski definition) is 0. The third-order valence-electron chi connectivity index (χ3n) is 7.34. The van der Waals surface area contributed by atoms with Crippen LogP contribution in [0, 0.1) is 35.5 Å². The van der Waals surface area contributed by atoms with E-state index in [1.165, 1.54) is 0 Å². The Bertz CT molecular complexity index is 426. The summed E-state index contributed by atoms with van der Waals surface area (Å²) in [5.74, 6) is -2.85. The van der Waals surface area contributed by atoms with Gasteiger partial charge in [-0.05, 0) is 62.2 Å². The van der Waals surface area contributed by atoms with Crippen molar-refractivity contribution in [3.05, 3.63) is 0 Å². The van der Waals surface area contributed by atoms with Gasteiger partial charge in [0.2, 0.25) is 6.43 Å². The van der Waals surface area contributed by atoms with Crippen molar-refractivity contribution >= 4 is 0 Å². The van der Waals surface area contributed by atoms with Crippen LogP contribution in [0.4, 0.5) is 26.3 Å². The van der Waals surface area contributed by atoms with Gasteiger partial charge in [-0.25, -0.2) is 26.3 Å². The molecule has 4 unspecified atom stereocenters. The standard InChI is InChI=1S/C20H30F6/c1-10-2-4-11(5-3-10)12-6-14(21)18(15(22)7-12)13-8-16(23)19(20(25)26)17(24)9-13/h10-20H,2-9H2,1H3. The van der Waals surface area contributed by atoms with Gasteiger partial charge in [-0.2, -0.15) is 0 Å². The van der Waals surface area contributed by atoms with Crippen LogP contribution in [0.5, 0.6) is 0 Å². The van der Waals surface area contributed by atoms with Gasteiger partial charge in [-0.15, -0.1) is 0 Å². The molecule has 152 valence electrons. The molecule has 6 heteroatoms. The van der Waals surface area contributed by atoms with Crippen molar-refractivity contribution < 1.29 is 26.3 Å². The summed E-state index contributed by atoms with van der Waals surface area (Å²) in [6.45, 7) is 2.19. The fourth-order valence-corrected chi connectivity index (χ4v) is 5.79. The van der Waals surface area contributed by atoms with Crippen LogP contribution in [0.2, 0.25) is 0 Å². The maximum absolute atomic E-state index is 14.8. The fourth-order valence-electron chi connectivity index (χ4n) is 5.79. The molecule has 3 aliphatic carbocycles. The smallest absolute Gasteiger partial charge is 0.247 e. The quantitative estimate of drug-likeness (QED) is 0.488. The highest BCUT2D eigenvalue weighted by Gasteiger charge is 2.51. The number of hydrogen-bond donors (Lipinski definition) is 0. The highest BCUT2D eigenvalue weighted by Crippen LogP contribution is 2.49. The van der Waals surface area contributed by atoms with E-state index in [1.54, 1.807) is 0 Å². The van der Waals surface area contributed by atoms with Crippen LogP contribution in [-0.2, 0) is 0 Å². The first-order chi connectivity index (χ1) is 12.3. The lowest BCUT2D eigenvalue weighted by Crippen LogP contribution is -2.48. The molecule has 0 amide bonds. The van der Waals surface area contributed by atoms with Crippen molar-refractivity contribution in [1.82, 2.24) is 0 Å². The average molecular weight is 384 g/mol. The fraction of sp³-hybridized carbons (Fsp3) is 1.00. The lowest BCUT2D eigenvalue weighted by atomic mass is 9.63. The zero-order chi connectivity index (χ0) is 19.0. The number of alkyl halides is 6. The lowest BCUT2D eigenvalue weighted by Gasteiger charge is -2.45. The minimum atomic E-state index is -3.08. The van der Waals surface area contributed by atoms with Gasteiger partial charge in [-0.1, -0.05) is 19.8 Å². The van der Waals surface area contributed by atoms with E-state index in [0.717, 1.165) is 25.7 Å². The van der Waals surface area contributed by atoms with Gasteiger partial charge < -0.3 is 0 Å². The van der Waals surface area contributed by atoms with E-state index in [1.807, 2.05) is 0 Å². The molecule has 3 aliphatic rings. The summed E-state index contributed by atoms with van der Waals surface area (Å²) in [6.07, 6.45) is -6.06. The molecule has 0 aliphatic heterocycles. The first-order valence-electron chi connectivity index (χ1n) is 10.1. The number of halogens is 6. The van der Waals surface area contributed by atoms with Gasteiger partial charge in [0, 0.05) is 5.92 Å². The van der Waals surface area contributed by atoms with Crippen LogP contribution in [-0.4, -0.2) is 31.1 Å². The Morgan fingerprint density at radius 3 is 1.54 bits per heavy atom. The summed E-state index contributed by atoms with van der Waals surface area (Å²) >= 11 is 0. The molecule has 0 saturated heterocycles. The molecule has 0 nitrogen and oxygen atoms in total. The summed E-state index contributed by atoms with van der Waals surface area (Å²) in [4.78, 5) is 0. The van der Waals surface area contributed by atoms with E-state index in [2.05, 4.69) is 6.92 Å². The molecular formula is C20H30F6. The van der Waals surface area contributed by atoms with E-state index >= 15 is 0 Å². The predicted octanol–water partition coefficient (Wildman–Crippen LogP) is 6.48. The molecule has 3 fully saturated rings. The second-order valence-electron chi connectivity index (χ2n) is 9.04. The largest absolute Gasteiger partial charge is 0.247 e. The number of rotatable bonds is 3. The third-order valence-corrected chi connectivity index (χ3v) is 7.34. The summed E-state index contributed by atoms with van der Waals surface area (Å²) in [5.41, 5.74) is 0. The van der Waals surface area contributed by atoms with E-state index < -0.39 is 48.9 Å². The van der Waals surface area contributed by atoms with Crippen LogP contribution in [0.25, 0.3) is 0 Å². The Labute approximate surface area is 152 Å². The van der Waals surface area contributed by atoms with Crippen LogP contribution in [0.3, 0.4) is 0 Å². The van der Waals surface area contributed by atoms with Gasteiger partial charge in [0.25, 0.3) is 0 Å². The SMILES string of the molecule is CC1CCC(C2CC(F)C(C3CC(F)C(C(F)F)C(F)C3)C(F)C2)CC1. The van der Waals surface area contributed by atoms with Crippen molar-refractivity contribution in [2.75, 3.05) is 0 Å². The van der Waals surface area contributed by atoms with Gasteiger partial charge >= 0.3 is 0 Å². The maximum atomic E-state index is 14.8. The van der Waals surface area contributed by atoms with Crippen LogP contribution in [0.1, 0.15) is 58.3 Å². The van der Waals surface area contributed by atoms with Crippen LogP contribution < -0.4 is 0 Å². The molecule has 0 bridgehead atoms. The molecular weight excluding hydrogens is 354 g/mol. The molecule has 3 saturated carbocycles. The normalized spacial score (nSPS) is 50.8. The van der Waals surface area contributed by atoms with E-state index in [9.17, 15) is 26.3 Å². The lowest BCUT2D eigenvalue weighted by molar-refractivity contribution is -0.0871. The summed E-state index contributed by atoms with van der Waals surface area (Å²) in [6, 6.07) is 0. The first kappa shape index (κ1) is 20.3. The summed E-state index contributed by atoms with van der Waals surface area (Å²) in [5, 5.41) is 0. The topological polar surface area (TPSA) is 0 Å². The van der Waals surface area contributed by atoms with E-state index in [0.29, 0.717) is 11.8 Å². The molecule has 0 N–H and O–H groups in total. The zero-order valence-corrected chi connectivity index (χ0v) is 15.3. The van der Waals surface area contributed by atoms with E-state index in [4.69, 9.17) is 0 Å².